The minimum atomic E-state index is -1.89. The first-order valence-electron chi connectivity index (χ1n) is 11.5. The molecule has 33 heavy (non-hydrogen) atoms. The van der Waals surface area contributed by atoms with E-state index in [0.29, 0.717) is 0 Å². The Morgan fingerprint density at radius 2 is 1.67 bits per heavy atom. The summed E-state index contributed by atoms with van der Waals surface area (Å²) in [6.07, 6.45) is 4.05. The third-order valence-corrected chi connectivity index (χ3v) is 10.9. The minimum absolute atomic E-state index is 0.936. The first kappa shape index (κ1) is 20.1. The van der Waals surface area contributed by atoms with Gasteiger partial charge in [-0.05, 0) is 36.9 Å². The average Bonchev–Trinajstić information content (AvgIpc) is 2.84. The van der Waals surface area contributed by atoms with Gasteiger partial charge < -0.3 is 4.74 Å². The number of aryl methyl sites for hydroxylation is 3. The van der Waals surface area contributed by atoms with Crippen molar-refractivity contribution in [2.45, 2.75) is 26.9 Å². The van der Waals surface area contributed by atoms with Crippen LogP contribution < -0.4 is 19.7 Å². The van der Waals surface area contributed by atoms with Gasteiger partial charge in [-0.2, -0.15) is 0 Å². The molecule has 0 fully saturated rings. The Hall–Kier alpha value is -3.50. The lowest BCUT2D eigenvalue weighted by molar-refractivity contribution is -0.659. The van der Waals surface area contributed by atoms with Gasteiger partial charge in [0.2, 0.25) is 5.69 Å². The fourth-order valence-electron chi connectivity index (χ4n) is 5.36. The zero-order valence-corrected chi connectivity index (χ0v) is 20.7. The van der Waals surface area contributed by atoms with Crippen molar-refractivity contribution in [3.8, 4) is 22.8 Å². The number of aromatic nitrogens is 2. The summed E-state index contributed by atoms with van der Waals surface area (Å²) in [5.41, 5.74) is 5.73. The van der Waals surface area contributed by atoms with Crippen LogP contribution in [0.2, 0.25) is 13.1 Å². The van der Waals surface area contributed by atoms with Crippen LogP contribution in [0.25, 0.3) is 32.9 Å². The summed E-state index contributed by atoms with van der Waals surface area (Å²) in [6, 6.07) is 22.0. The van der Waals surface area contributed by atoms with Crippen LogP contribution in [0.15, 0.2) is 73.1 Å². The van der Waals surface area contributed by atoms with Crippen molar-refractivity contribution in [1.82, 2.24) is 4.98 Å². The zero-order chi connectivity index (χ0) is 22.9. The van der Waals surface area contributed by atoms with Gasteiger partial charge in [-0.3, -0.25) is 4.98 Å². The molecule has 0 saturated heterocycles. The number of rotatable bonds is 2. The summed E-state index contributed by atoms with van der Waals surface area (Å²) in [5, 5.41) is 6.43. The van der Waals surface area contributed by atoms with E-state index in [9.17, 15) is 0 Å². The molecule has 0 atom stereocenters. The number of nitrogens with zero attached hydrogens (tertiary/aromatic N) is 2. The van der Waals surface area contributed by atoms with Crippen LogP contribution in [0.1, 0.15) is 11.1 Å². The quantitative estimate of drug-likeness (QED) is 0.261. The molecular formula is C29H27N2OSi+. The lowest BCUT2D eigenvalue weighted by atomic mass is 9.91. The summed E-state index contributed by atoms with van der Waals surface area (Å²) < 4.78 is 9.00. The van der Waals surface area contributed by atoms with E-state index in [4.69, 9.17) is 9.72 Å². The molecule has 0 amide bonds. The molecule has 3 aromatic carbocycles. The molecule has 162 valence electrons. The molecular weight excluding hydrogens is 420 g/mol. The topological polar surface area (TPSA) is 26.0 Å². The number of benzene rings is 3. The molecule has 6 rings (SSSR count). The molecule has 5 aromatic rings. The highest BCUT2D eigenvalue weighted by atomic mass is 28.3. The van der Waals surface area contributed by atoms with Gasteiger partial charge in [-0.1, -0.05) is 65.9 Å². The molecule has 1 aliphatic heterocycles. The number of fused-ring (bicyclic) bond motifs is 3. The predicted octanol–water partition coefficient (Wildman–Crippen LogP) is 5.42. The number of hydrogen-bond acceptors (Lipinski definition) is 2. The maximum Gasteiger partial charge on any atom is 0.228 e. The molecule has 0 aliphatic carbocycles. The molecule has 2 aromatic heterocycles. The largest absolute Gasteiger partial charge is 0.455 e. The van der Waals surface area contributed by atoms with Gasteiger partial charge in [0, 0.05) is 23.2 Å². The summed E-state index contributed by atoms with van der Waals surface area (Å²) in [6.45, 7) is 9.16. The summed E-state index contributed by atoms with van der Waals surface area (Å²) in [5.74, 6) is 1.89. The van der Waals surface area contributed by atoms with Crippen LogP contribution >= 0.6 is 0 Å². The second-order valence-electron chi connectivity index (χ2n) is 9.66. The number of pyridine rings is 2. The average molecular weight is 448 g/mol. The first-order valence-corrected chi connectivity index (χ1v) is 14.5. The Kier molecular flexibility index (Phi) is 4.27. The molecule has 3 nitrogen and oxygen atoms in total. The van der Waals surface area contributed by atoms with Crippen LogP contribution in [-0.2, 0) is 7.05 Å². The summed E-state index contributed by atoms with van der Waals surface area (Å²) >= 11 is 0. The third-order valence-electron chi connectivity index (χ3n) is 7.38. The van der Waals surface area contributed by atoms with Crippen molar-refractivity contribution in [2.75, 3.05) is 0 Å². The standard InChI is InChI=1S/C29H27N2OSi/c1-18-23-12-9-14-30-27(23)19(2)29-25(18)28-26-20(13-15-31(28)3)16-22(17-24(26)32-29)33(4,5)21-10-7-6-8-11-21/h6-17H,1-5H3/q+1. The van der Waals surface area contributed by atoms with E-state index in [0.717, 1.165) is 22.6 Å². The fraction of sp³-hybridized carbons (Fsp3) is 0.172. The van der Waals surface area contributed by atoms with E-state index >= 15 is 0 Å². The summed E-state index contributed by atoms with van der Waals surface area (Å²) in [4.78, 5) is 4.69. The van der Waals surface area contributed by atoms with Crippen molar-refractivity contribution in [3.63, 3.8) is 0 Å². The smallest absolute Gasteiger partial charge is 0.228 e. The van der Waals surface area contributed by atoms with E-state index in [2.05, 4.69) is 99.4 Å². The molecule has 1 aliphatic rings. The molecule has 4 heteroatoms. The Morgan fingerprint density at radius 3 is 2.45 bits per heavy atom. The van der Waals surface area contributed by atoms with Crippen molar-refractivity contribution in [1.29, 1.82) is 0 Å². The van der Waals surface area contributed by atoms with Gasteiger partial charge in [0.25, 0.3) is 0 Å². The van der Waals surface area contributed by atoms with E-state index in [1.165, 1.54) is 43.4 Å². The highest BCUT2D eigenvalue weighted by Gasteiger charge is 2.34. The monoisotopic (exact) mass is 447 g/mol. The van der Waals surface area contributed by atoms with Crippen molar-refractivity contribution < 1.29 is 9.30 Å². The van der Waals surface area contributed by atoms with Crippen LogP contribution in [0.4, 0.5) is 0 Å². The Bertz CT molecular complexity index is 1590. The summed E-state index contributed by atoms with van der Waals surface area (Å²) in [7, 11) is 0.245. The molecule has 0 unspecified atom stereocenters. The Labute approximate surface area is 195 Å². The van der Waals surface area contributed by atoms with Crippen molar-refractivity contribution in [2.24, 2.45) is 7.05 Å². The molecule has 0 N–H and O–H groups in total. The minimum Gasteiger partial charge on any atom is -0.455 e. The molecule has 0 bridgehead atoms. The molecule has 3 heterocycles. The SMILES string of the molecule is Cc1c2c(c(C)c3ncccc13)Oc1cc([Si](C)(C)c3ccccc3)cc3cc[n+](C)c-2c13. The maximum atomic E-state index is 6.76. The van der Waals surface area contributed by atoms with Gasteiger partial charge >= 0.3 is 0 Å². The third kappa shape index (κ3) is 2.80. The number of hydrogen-bond donors (Lipinski definition) is 0. The highest BCUT2D eigenvalue weighted by molar-refractivity contribution is 7.00. The van der Waals surface area contributed by atoms with Gasteiger partial charge in [0.15, 0.2) is 6.20 Å². The first-order chi connectivity index (χ1) is 15.9. The molecule has 0 spiro atoms. The second-order valence-corrected chi connectivity index (χ2v) is 14.1. The van der Waals surface area contributed by atoms with Crippen molar-refractivity contribution >= 4 is 40.1 Å². The van der Waals surface area contributed by atoms with Crippen LogP contribution in [0.5, 0.6) is 11.5 Å². The van der Waals surface area contributed by atoms with Gasteiger partial charge in [0.05, 0.1) is 16.5 Å². The highest BCUT2D eigenvalue weighted by Crippen LogP contribution is 2.49. The van der Waals surface area contributed by atoms with E-state index in [1.807, 2.05) is 12.3 Å². The van der Waals surface area contributed by atoms with E-state index in [1.54, 1.807) is 0 Å². The van der Waals surface area contributed by atoms with Crippen molar-refractivity contribution in [3.05, 3.63) is 84.2 Å². The van der Waals surface area contributed by atoms with E-state index < -0.39 is 8.07 Å². The lowest BCUT2D eigenvalue weighted by Crippen LogP contribution is -2.52. The van der Waals surface area contributed by atoms with Crippen LogP contribution in [0.3, 0.4) is 0 Å². The van der Waals surface area contributed by atoms with E-state index in [-0.39, 0.29) is 0 Å². The predicted molar refractivity (Wildman–Crippen MR) is 139 cm³/mol. The Balaban J connectivity index is 1.69. The Morgan fingerprint density at radius 1 is 0.879 bits per heavy atom. The molecule has 0 saturated carbocycles. The second kappa shape index (κ2) is 7.00. The lowest BCUT2D eigenvalue weighted by Gasteiger charge is -2.28. The van der Waals surface area contributed by atoms with Gasteiger partial charge in [-0.25, -0.2) is 4.57 Å². The molecule has 0 radical (unpaired) electrons. The van der Waals surface area contributed by atoms with Gasteiger partial charge in [-0.15, -0.1) is 0 Å². The fourth-order valence-corrected chi connectivity index (χ4v) is 7.73. The maximum absolute atomic E-state index is 6.76. The van der Waals surface area contributed by atoms with Crippen LogP contribution in [0, 0.1) is 13.8 Å². The van der Waals surface area contributed by atoms with Crippen LogP contribution in [-0.4, -0.2) is 13.1 Å². The zero-order valence-electron chi connectivity index (χ0n) is 19.7. The normalized spacial score (nSPS) is 12.6. The van der Waals surface area contributed by atoms with Gasteiger partial charge in [0.1, 0.15) is 26.6 Å². The number of ether oxygens (including phenoxy) is 1.